The van der Waals surface area contributed by atoms with Crippen LogP contribution in [0.3, 0.4) is 0 Å². The van der Waals surface area contributed by atoms with Crippen molar-refractivity contribution in [2.45, 2.75) is 20.4 Å². The number of benzene rings is 2. The molecule has 2 aromatic carbocycles. The summed E-state index contributed by atoms with van der Waals surface area (Å²) in [6.45, 7) is 3.53. The fourth-order valence-corrected chi connectivity index (χ4v) is 2.13. The summed E-state index contributed by atoms with van der Waals surface area (Å²) in [7, 11) is 0. The van der Waals surface area contributed by atoms with Crippen molar-refractivity contribution < 1.29 is 19.4 Å². The van der Waals surface area contributed by atoms with E-state index < -0.39 is 11.7 Å². The van der Waals surface area contributed by atoms with E-state index in [1.165, 1.54) is 18.2 Å². The van der Waals surface area contributed by atoms with E-state index in [2.05, 4.69) is 5.32 Å². The van der Waals surface area contributed by atoms with Crippen molar-refractivity contribution in [2.24, 2.45) is 0 Å². The van der Waals surface area contributed by atoms with Crippen molar-refractivity contribution in [2.75, 3.05) is 0 Å². The molecule has 0 atom stereocenters. The summed E-state index contributed by atoms with van der Waals surface area (Å²) in [5.74, 6) is -1.57. The number of carbonyl (C=O) groups is 1. The number of rotatable bonds is 3. The Morgan fingerprint density at radius 1 is 1.19 bits per heavy atom. The van der Waals surface area contributed by atoms with Gasteiger partial charge in [0.1, 0.15) is 5.82 Å². The van der Waals surface area contributed by atoms with Gasteiger partial charge in [0, 0.05) is 6.54 Å². The molecule has 0 aliphatic heterocycles. The largest absolute Gasteiger partial charge is 0.504 e. The minimum atomic E-state index is -0.511. The molecule has 0 unspecified atom stereocenters. The van der Waals surface area contributed by atoms with Gasteiger partial charge in [-0.15, -0.1) is 0 Å². The number of phenols is 2. The van der Waals surface area contributed by atoms with Crippen LogP contribution in [0.2, 0.25) is 0 Å². The molecule has 0 aliphatic carbocycles. The van der Waals surface area contributed by atoms with Crippen molar-refractivity contribution in [1.29, 1.82) is 0 Å². The lowest BCUT2D eigenvalue weighted by atomic mass is 10.1. The molecule has 5 heteroatoms. The fourth-order valence-electron chi connectivity index (χ4n) is 2.13. The molecule has 4 nitrogen and oxygen atoms in total. The Bertz CT molecular complexity index is 675. The minimum Gasteiger partial charge on any atom is -0.504 e. The first-order valence-corrected chi connectivity index (χ1v) is 6.45. The van der Waals surface area contributed by atoms with Gasteiger partial charge in [0.2, 0.25) is 0 Å². The number of halogens is 1. The highest BCUT2D eigenvalue weighted by Gasteiger charge is 2.14. The van der Waals surface area contributed by atoms with Gasteiger partial charge in [0.25, 0.3) is 5.91 Å². The van der Waals surface area contributed by atoms with Crippen molar-refractivity contribution in [3.8, 4) is 11.5 Å². The third-order valence-corrected chi connectivity index (χ3v) is 3.21. The Morgan fingerprint density at radius 2 is 1.81 bits per heavy atom. The van der Waals surface area contributed by atoms with Crippen LogP contribution in [0.15, 0.2) is 30.3 Å². The second-order valence-corrected chi connectivity index (χ2v) is 4.90. The van der Waals surface area contributed by atoms with Crippen molar-refractivity contribution in [1.82, 2.24) is 5.32 Å². The zero-order valence-electron chi connectivity index (χ0n) is 11.8. The molecule has 2 aromatic rings. The average molecular weight is 289 g/mol. The molecule has 0 bridgehead atoms. The summed E-state index contributed by atoms with van der Waals surface area (Å²) >= 11 is 0. The second-order valence-electron chi connectivity index (χ2n) is 4.90. The lowest BCUT2D eigenvalue weighted by Gasteiger charge is -2.10. The van der Waals surface area contributed by atoms with Gasteiger partial charge in [-0.3, -0.25) is 4.79 Å². The Labute approximate surface area is 121 Å². The molecule has 1 amide bonds. The van der Waals surface area contributed by atoms with E-state index in [9.17, 15) is 19.4 Å². The van der Waals surface area contributed by atoms with Crippen LogP contribution in [0.25, 0.3) is 0 Å². The minimum absolute atomic E-state index is 0.00874. The number of aromatic hydroxyl groups is 2. The molecular formula is C16H16FNO3. The number of hydrogen-bond donors (Lipinski definition) is 3. The van der Waals surface area contributed by atoms with Crippen LogP contribution < -0.4 is 5.32 Å². The summed E-state index contributed by atoms with van der Waals surface area (Å²) in [4.78, 5) is 12.0. The maximum Gasteiger partial charge on any atom is 0.255 e. The quantitative estimate of drug-likeness (QED) is 0.761. The number of aryl methyl sites for hydroxylation is 2. The number of para-hydroxylation sites is 1. The monoisotopic (exact) mass is 289 g/mol. The van der Waals surface area contributed by atoms with E-state index in [1.807, 2.05) is 0 Å². The summed E-state index contributed by atoms with van der Waals surface area (Å²) in [5, 5.41) is 21.6. The summed E-state index contributed by atoms with van der Waals surface area (Å²) < 4.78 is 13.5. The molecule has 0 aromatic heterocycles. The highest BCUT2D eigenvalue weighted by molar-refractivity contribution is 5.97. The van der Waals surface area contributed by atoms with Gasteiger partial charge >= 0.3 is 0 Å². The lowest BCUT2D eigenvalue weighted by Crippen LogP contribution is -2.23. The number of amides is 1. The molecule has 0 fully saturated rings. The number of nitrogens with one attached hydrogen (secondary N) is 1. The molecule has 21 heavy (non-hydrogen) atoms. The standard InChI is InChI=1S/C16H16FNO3/c1-9-6-11(7-10(2)14(9)17)8-18-16(21)12-4-3-5-13(19)15(12)20/h3-7,19-20H,8H2,1-2H3,(H,18,21). The van der Waals surface area contributed by atoms with Gasteiger partial charge in [-0.2, -0.15) is 0 Å². The normalized spacial score (nSPS) is 10.4. The van der Waals surface area contributed by atoms with Crippen LogP contribution in [0, 0.1) is 19.7 Å². The van der Waals surface area contributed by atoms with E-state index in [-0.39, 0.29) is 23.7 Å². The van der Waals surface area contributed by atoms with Crippen molar-refractivity contribution in [3.05, 3.63) is 58.4 Å². The summed E-state index contributed by atoms with van der Waals surface area (Å²) in [6.07, 6.45) is 0. The van der Waals surface area contributed by atoms with Gasteiger partial charge in [0.05, 0.1) is 5.56 Å². The summed E-state index contributed by atoms with van der Waals surface area (Å²) in [5.41, 5.74) is 1.78. The zero-order chi connectivity index (χ0) is 15.6. The van der Waals surface area contributed by atoms with Gasteiger partial charge in [-0.1, -0.05) is 18.2 Å². The predicted molar refractivity (Wildman–Crippen MR) is 76.8 cm³/mol. The first-order chi connectivity index (χ1) is 9.90. The molecule has 0 spiro atoms. The van der Waals surface area contributed by atoms with Gasteiger partial charge in [-0.25, -0.2) is 4.39 Å². The number of carbonyl (C=O) groups excluding carboxylic acids is 1. The molecule has 0 radical (unpaired) electrons. The highest BCUT2D eigenvalue weighted by Crippen LogP contribution is 2.28. The van der Waals surface area contributed by atoms with Crippen LogP contribution in [-0.2, 0) is 6.54 Å². The first-order valence-electron chi connectivity index (χ1n) is 6.45. The van der Waals surface area contributed by atoms with Crippen molar-refractivity contribution >= 4 is 5.91 Å². The zero-order valence-corrected chi connectivity index (χ0v) is 11.8. The van der Waals surface area contributed by atoms with Crippen LogP contribution in [-0.4, -0.2) is 16.1 Å². The molecule has 2 rings (SSSR count). The molecule has 3 N–H and O–H groups in total. The van der Waals surface area contributed by atoms with Crippen LogP contribution in [0.5, 0.6) is 11.5 Å². The van der Waals surface area contributed by atoms with E-state index in [0.29, 0.717) is 11.1 Å². The first kappa shape index (κ1) is 14.8. The van der Waals surface area contributed by atoms with Crippen molar-refractivity contribution in [3.63, 3.8) is 0 Å². The molecule has 0 aliphatic rings. The number of phenolic OH excluding ortho intramolecular Hbond substituents is 2. The van der Waals surface area contributed by atoms with Crippen LogP contribution in [0.1, 0.15) is 27.0 Å². The average Bonchev–Trinajstić information content (AvgIpc) is 2.45. The Morgan fingerprint density at radius 3 is 2.43 bits per heavy atom. The van der Waals surface area contributed by atoms with E-state index >= 15 is 0 Å². The molecule has 0 saturated heterocycles. The fraction of sp³-hybridized carbons (Fsp3) is 0.188. The Kier molecular flexibility index (Phi) is 4.12. The molecule has 110 valence electrons. The third kappa shape index (κ3) is 3.13. The maximum atomic E-state index is 13.5. The van der Waals surface area contributed by atoms with Gasteiger partial charge in [0.15, 0.2) is 11.5 Å². The SMILES string of the molecule is Cc1cc(CNC(=O)c2cccc(O)c2O)cc(C)c1F. The molecule has 0 saturated carbocycles. The third-order valence-electron chi connectivity index (χ3n) is 3.21. The molecule has 0 heterocycles. The predicted octanol–water partition coefficient (Wildman–Crippen LogP) is 2.78. The maximum absolute atomic E-state index is 13.5. The highest BCUT2D eigenvalue weighted by atomic mass is 19.1. The topological polar surface area (TPSA) is 69.6 Å². The lowest BCUT2D eigenvalue weighted by molar-refractivity contribution is 0.0947. The van der Waals surface area contributed by atoms with E-state index in [4.69, 9.17) is 0 Å². The smallest absolute Gasteiger partial charge is 0.255 e. The van der Waals surface area contributed by atoms with E-state index in [1.54, 1.807) is 26.0 Å². The Balaban J connectivity index is 2.13. The van der Waals surface area contributed by atoms with Crippen LogP contribution >= 0.6 is 0 Å². The Hall–Kier alpha value is -2.56. The molecular weight excluding hydrogens is 273 g/mol. The van der Waals surface area contributed by atoms with Gasteiger partial charge in [-0.05, 0) is 42.7 Å². The van der Waals surface area contributed by atoms with Gasteiger partial charge < -0.3 is 15.5 Å². The second kappa shape index (κ2) is 5.83. The number of hydrogen-bond acceptors (Lipinski definition) is 3. The summed E-state index contributed by atoms with van der Waals surface area (Å²) in [6, 6.07) is 7.48. The van der Waals surface area contributed by atoms with Crippen LogP contribution in [0.4, 0.5) is 4.39 Å². The van der Waals surface area contributed by atoms with E-state index in [0.717, 1.165) is 5.56 Å².